The van der Waals surface area contributed by atoms with Crippen molar-refractivity contribution in [3.8, 4) is 0 Å². The van der Waals surface area contributed by atoms with E-state index in [1.165, 1.54) is 4.57 Å². The van der Waals surface area contributed by atoms with Crippen LogP contribution >= 0.6 is 11.6 Å². The summed E-state index contributed by atoms with van der Waals surface area (Å²) in [7, 11) is 0. The number of halogens is 1. The van der Waals surface area contributed by atoms with Crippen molar-refractivity contribution in [1.82, 2.24) is 8.97 Å². The Morgan fingerprint density at radius 1 is 0.920 bits per heavy atom. The molecule has 25 heavy (non-hydrogen) atoms. The number of hydrogen-bond acceptors (Lipinski definition) is 2. The minimum absolute atomic E-state index is 0.0658. The Morgan fingerprint density at radius 2 is 1.60 bits per heavy atom. The summed E-state index contributed by atoms with van der Waals surface area (Å²) in [6, 6.07) is 17.9. The number of benzene rings is 2. The first-order valence-corrected chi connectivity index (χ1v) is 8.15. The van der Waals surface area contributed by atoms with Crippen LogP contribution in [-0.4, -0.2) is 14.9 Å². The number of nitrogens with zero attached hydrogens (tertiary/aromatic N) is 2. The van der Waals surface area contributed by atoms with Gasteiger partial charge in [0.1, 0.15) is 12.1 Å². The lowest BCUT2D eigenvalue weighted by Gasteiger charge is -2.12. The predicted molar refractivity (Wildman–Crippen MR) is 99.2 cm³/mol. The summed E-state index contributed by atoms with van der Waals surface area (Å²) in [6.07, 6.45) is 1.84. The van der Waals surface area contributed by atoms with E-state index in [2.05, 4.69) is 5.32 Å². The highest BCUT2D eigenvalue weighted by Crippen LogP contribution is 2.16. The third-order valence-electron chi connectivity index (χ3n) is 4.07. The highest BCUT2D eigenvalue weighted by atomic mass is 35.5. The topological polar surface area (TPSA) is 55.5 Å². The predicted octanol–water partition coefficient (Wildman–Crippen LogP) is 3.55. The molecular weight excluding hydrogens is 338 g/mol. The summed E-state index contributed by atoms with van der Waals surface area (Å²) in [5.41, 5.74) is 2.56. The Balaban J connectivity index is 1.75. The van der Waals surface area contributed by atoms with E-state index in [4.69, 9.17) is 11.6 Å². The number of aromatic nitrogens is 2. The molecule has 0 radical (unpaired) electrons. The molecule has 0 unspecified atom stereocenters. The van der Waals surface area contributed by atoms with E-state index in [-0.39, 0.29) is 18.0 Å². The van der Waals surface area contributed by atoms with Gasteiger partial charge in [-0.15, -0.1) is 0 Å². The zero-order valence-corrected chi connectivity index (χ0v) is 13.9. The quantitative estimate of drug-likeness (QED) is 0.613. The van der Waals surface area contributed by atoms with Crippen molar-refractivity contribution in [3.63, 3.8) is 0 Å². The second kappa shape index (κ2) is 6.11. The van der Waals surface area contributed by atoms with Gasteiger partial charge in [0, 0.05) is 16.9 Å². The molecule has 5 nitrogen and oxygen atoms in total. The van der Waals surface area contributed by atoms with Crippen LogP contribution in [0.3, 0.4) is 0 Å². The maximum absolute atomic E-state index is 12.8. The largest absolute Gasteiger partial charge is 0.325 e. The SMILES string of the molecule is O=C(Cn1c(=O)c2cccn2c2ccccc21)Nc1ccc(Cl)cc1. The molecule has 1 N–H and O–H groups in total. The number of amides is 1. The van der Waals surface area contributed by atoms with Crippen molar-refractivity contribution in [2.24, 2.45) is 0 Å². The molecule has 2 heterocycles. The second-order valence-electron chi connectivity index (χ2n) is 5.70. The average Bonchev–Trinajstić information content (AvgIpc) is 3.11. The molecule has 2 aromatic carbocycles. The molecule has 0 aliphatic heterocycles. The average molecular weight is 352 g/mol. The molecule has 0 bridgehead atoms. The zero-order valence-electron chi connectivity index (χ0n) is 13.1. The number of hydrogen-bond donors (Lipinski definition) is 1. The molecule has 0 saturated heterocycles. The van der Waals surface area contributed by atoms with Gasteiger partial charge in [0.05, 0.1) is 11.0 Å². The van der Waals surface area contributed by atoms with Crippen molar-refractivity contribution in [2.75, 3.05) is 5.32 Å². The number of fused-ring (bicyclic) bond motifs is 3. The fourth-order valence-electron chi connectivity index (χ4n) is 2.94. The standard InChI is InChI=1S/C19H14ClN3O2/c20-13-7-9-14(10-8-13)21-18(24)12-23-16-5-2-1-4-15(16)22-11-3-6-17(22)19(23)25/h1-11H,12H2,(H,21,24). The molecule has 4 aromatic rings. The number of carbonyl (C=O) groups is 1. The lowest BCUT2D eigenvalue weighted by Crippen LogP contribution is -2.29. The molecule has 4 rings (SSSR count). The number of anilines is 1. The van der Waals surface area contributed by atoms with Crippen LogP contribution in [0.4, 0.5) is 5.69 Å². The van der Waals surface area contributed by atoms with Crippen LogP contribution in [0, 0.1) is 0 Å². The third kappa shape index (κ3) is 2.79. The van der Waals surface area contributed by atoms with E-state index in [0.29, 0.717) is 21.7 Å². The van der Waals surface area contributed by atoms with Crippen LogP contribution in [0.5, 0.6) is 0 Å². The molecule has 0 aliphatic carbocycles. The van der Waals surface area contributed by atoms with Crippen LogP contribution in [-0.2, 0) is 11.3 Å². The molecule has 2 aromatic heterocycles. The van der Waals surface area contributed by atoms with Crippen LogP contribution in [0.15, 0.2) is 71.7 Å². The number of carbonyl (C=O) groups excluding carboxylic acids is 1. The third-order valence-corrected chi connectivity index (χ3v) is 4.33. The monoisotopic (exact) mass is 351 g/mol. The highest BCUT2D eigenvalue weighted by molar-refractivity contribution is 6.30. The van der Waals surface area contributed by atoms with E-state index < -0.39 is 0 Å². The molecule has 0 saturated carbocycles. The van der Waals surface area contributed by atoms with Crippen LogP contribution < -0.4 is 10.9 Å². The molecule has 0 aliphatic rings. The molecule has 0 fully saturated rings. The van der Waals surface area contributed by atoms with Crippen molar-refractivity contribution in [3.05, 3.63) is 82.2 Å². The van der Waals surface area contributed by atoms with Gasteiger partial charge in [-0.25, -0.2) is 0 Å². The molecule has 6 heteroatoms. The summed E-state index contributed by atoms with van der Waals surface area (Å²) in [5, 5.41) is 3.38. The highest BCUT2D eigenvalue weighted by Gasteiger charge is 2.13. The summed E-state index contributed by atoms with van der Waals surface area (Å²) in [4.78, 5) is 25.2. The normalized spacial score (nSPS) is 11.1. The Bertz CT molecular complexity index is 1140. The van der Waals surface area contributed by atoms with Crippen molar-refractivity contribution in [2.45, 2.75) is 6.54 Å². The Labute approximate surface area is 148 Å². The summed E-state index contributed by atoms with van der Waals surface area (Å²) >= 11 is 5.85. The fraction of sp³-hybridized carbons (Fsp3) is 0.0526. The first-order chi connectivity index (χ1) is 12.1. The maximum Gasteiger partial charge on any atom is 0.275 e. The van der Waals surface area contributed by atoms with Crippen LogP contribution in [0.1, 0.15) is 0 Å². The fourth-order valence-corrected chi connectivity index (χ4v) is 3.07. The number of rotatable bonds is 3. The number of nitrogens with one attached hydrogen (secondary N) is 1. The van der Waals surface area contributed by atoms with Crippen LogP contribution in [0.25, 0.3) is 16.6 Å². The minimum atomic E-state index is -0.273. The molecule has 124 valence electrons. The molecular formula is C19H14ClN3O2. The van der Waals surface area contributed by atoms with Crippen molar-refractivity contribution >= 4 is 39.7 Å². The van der Waals surface area contributed by atoms with Gasteiger partial charge in [-0.3, -0.25) is 14.2 Å². The smallest absolute Gasteiger partial charge is 0.275 e. The summed E-state index contributed by atoms with van der Waals surface area (Å²) in [5.74, 6) is -0.273. The Kier molecular flexibility index (Phi) is 3.78. The zero-order chi connectivity index (χ0) is 17.4. The van der Waals surface area contributed by atoms with Gasteiger partial charge in [0.2, 0.25) is 5.91 Å². The summed E-state index contributed by atoms with van der Waals surface area (Å²) in [6.45, 7) is -0.0658. The van der Waals surface area contributed by atoms with Gasteiger partial charge in [-0.2, -0.15) is 0 Å². The van der Waals surface area contributed by atoms with Gasteiger partial charge in [0.15, 0.2) is 0 Å². The van der Waals surface area contributed by atoms with Gasteiger partial charge in [-0.1, -0.05) is 23.7 Å². The van der Waals surface area contributed by atoms with E-state index in [9.17, 15) is 9.59 Å². The lowest BCUT2D eigenvalue weighted by atomic mass is 10.2. The van der Waals surface area contributed by atoms with Crippen LogP contribution in [0.2, 0.25) is 5.02 Å². The first-order valence-electron chi connectivity index (χ1n) is 7.77. The minimum Gasteiger partial charge on any atom is -0.325 e. The number of para-hydroxylation sites is 2. The van der Waals surface area contributed by atoms with E-state index in [0.717, 1.165) is 5.52 Å². The maximum atomic E-state index is 12.8. The first kappa shape index (κ1) is 15.5. The van der Waals surface area contributed by atoms with Gasteiger partial charge >= 0.3 is 0 Å². The molecule has 1 amide bonds. The molecule has 0 spiro atoms. The van der Waals surface area contributed by atoms with E-state index >= 15 is 0 Å². The Hall–Kier alpha value is -3.05. The van der Waals surface area contributed by atoms with Gasteiger partial charge in [0.25, 0.3) is 5.56 Å². The van der Waals surface area contributed by atoms with Crippen molar-refractivity contribution < 1.29 is 4.79 Å². The van der Waals surface area contributed by atoms with E-state index in [1.807, 2.05) is 40.9 Å². The van der Waals surface area contributed by atoms with Gasteiger partial charge < -0.3 is 9.72 Å². The van der Waals surface area contributed by atoms with Crippen molar-refractivity contribution in [1.29, 1.82) is 0 Å². The van der Waals surface area contributed by atoms with Gasteiger partial charge in [-0.05, 0) is 48.5 Å². The Morgan fingerprint density at radius 3 is 2.36 bits per heavy atom. The molecule has 0 atom stereocenters. The van der Waals surface area contributed by atoms with E-state index in [1.54, 1.807) is 30.3 Å². The second-order valence-corrected chi connectivity index (χ2v) is 6.13. The summed E-state index contributed by atoms with van der Waals surface area (Å²) < 4.78 is 3.33. The lowest BCUT2D eigenvalue weighted by molar-refractivity contribution is -0.116.